The number of halogens is 1. The third kappa shape index (κ3) is 31.4. The number of carboxylic acid groups (broad SMARTS) is 4. The van der Waals surface area contributed by atoms with Gasteiger partial charge in [0.25, 0.3) is 23.9 Å². The van der Waals surface area contributed by atoms with Crippen molar-refractivity contribution in [3.05, 3.63) is 0 Å². The lowest BCUT2D eigenvalue weighted by molar-refractivity contribution is -0.262. The Morgan fingerprint density at radius 2 is 0.964 bits per heavy atom. The van der Waals surface area contributed by atoms with Gasteiger partial charge in [-0.05, 0) is 0 Å². The lowest BCUT2D eigenvalue weighted by Gasteiger charge is -2.36. The van der Waals surface area contributed by atoms with Crippen LogP contribution in [-0.2, 0) is 23.9 Å². The smallest absolute Gasteiger partial charge is 0.300 e. The number of hydrogen-bond acceptors (Lipinski definition) is 9. The van der Waals surface area contributed by atoms with Crippen LogP contribution in [0.15, 0.2) is 0 Å². The molecule has 1 aliphatic heterocycles. The minimum Gasteiger partial charge on any atom is -0.481 e. The summed E-state index contributed by atoms with van der Waals surface area (Å²) in [4.78, 5) is 36.0. The Hall–Kier alpha value is -2.39. The van der Waals surface area contributed by atoms with Crippen molar-refractivity contribution in [2.24, 2.45) is 0 Å². The van der Waals surface area contributed by atoms with Gasteiger partial charge in [0.2, 0.25) is 6.36 Å². The molecule has 0 radical (unpaired) electrons. The Bertz CT molecular complexity index is 388. The fourth-order valence-corrected chi connectivity index (χ4v) is 1.06. The first kappa shape index (κ1) is 33.2. The van der Waals surface area contributed by atoms with Crippen LogP contribution in [0.1, 0.15) is 27.7 Å². The summed E-state index contributed by atoms with van der Waals surface area (Å²) >= 11 is 0. The Morgan fingerprint density at radius 3 is 1.18 bits per heavy atom. The van der Waals surface area contributed by atoms with Crippen LogP contribution in [0, 0.1) is 0 Å². The first-order chi connectivity index (χ1) is 12.5. The zero-order valence-electron chi connectivity index (χ0n) is 15.6. The Kier molecular flexibility index (Phi) is 23.0. The molecule has 13 nitrogen and oxygen atoms in total. The van der Waals surface area contributed by atoms with Gasteiger partial charge in [0, 0.05) is 27.7 Å². The minimum atomic E-state index is -2.07. The van der Waals surface area contributed by atoms with Crippen LogP contribution in [0.2, 0.25) is 0 Å². The molecule has 8 N–H and O–H groups in total. The van der Waals surface area contributed by atoms with Crippen molar-refractivity contribution in [1.82, 2.24) is 0 Å². The van der Waals surface area contributed by atoms with Gasteiger partial charge in [-0.25, -0.2) is 4.39 Å². The highest BCUT2D eigenvalue weighted by atomic mass is 19.1. The average Bonchev–Trinajstić information content (AvgIpc) is 2.46. The molecule has 0 spiro atoms. The van der Waals surface area contributed by atoms with Gasteiger partial charge in [-0.1, -0.05) is 0 Å². The molecule has 14 heteroatoms. The van der Waals surface area contributed by atoms with Crippen molar-refractivity contribution in [3.8, 4) is 0 Å². The van der Waals surface area contributed by atoms with E-state index in [0.29, 0.717) is 0 Å². The molecule has 0 aromatic carbocycles. The highest BCUT2D eigenvalue weighted by molar-refractivity contribution is 5.63. The van der Waals surface area contributed by atoms with Crippen LogP contribution in [0.5, 0.6) is 0 Å². The van der Waals surface area contributed by atoms with Crippen LogP contribution in [0.3, 0.4) is 0 Å². The first-order valence-electron chi connectivity index (χ1n) is 7.23. The molecule has 1 unspecified atom stereocenters. The Labute approximate surface area is 159 Å². The molecule has 0 bridgehead atoms. The summed E-state index contributed by atoms with van der Waals surface area (Å²) in [6, 6.07) is 0. The van der Waals surface area contributed by atoms with E-state index in [1.54, 1.807) is 0 Å². The van der Waals surface area contributed by atoms with Crippen molar-refractivity contribution in [1.29, 1.82) is 0 Å². The summed E-state index contributed by atoms with van der Waals surface area (Å²) in [6.07, 6.45) is -8.09. The van der Waals surface area contributed by atoms with E-state index >= 15 is 0 Å². The number of aliphatic hydroxyl groups excluding tert-OH is 4. The Balaban J connectivity index is -0.000000150. The predicted molar refractivity (Wildman–Crippen MR) is 88.1 cm³/mol. The number of aliphatic carboxylic acids is 4. The highest BCUT2D eigenvalue weighted by Gasteiger charge is 2.43. The van der Waals surface area contributed by atoms with Gasteiger partial charge in [-0.2, -0.15) is 0 Å². The molecule has 1 rings (SSSR count). The molecular formula is C14H27FO13. The standard InChI is InChI=1S/C6H11FO5.4C2H4O2/c7-6-5(11)4(10)3(9)2(1-8)12-6;4*1-2(3)4/h2-6,8-11H,1H2;4*1H3,(H,3,4)/t2-,3-,4+,5-,6?;;;;/m1..../s1. The average molecular weight is 422 g/mol. The molecule has 5 atom stereocenters. The number of alkyl halides is 1. The van der Waals surface area contributed by atoms with Gasteiger partial charge in [0.1, 0.15) is 24.4 Å². The largest absolute Gasteiger partial charge is 0.481 e. The van der Waals surface area contributed by atoms with Gasteiger partial charge in [0.05, 0.1) is 6.61 Å². The summed E-state index contributed by atoms with van der Waals surface area (Å²) < 4.78 is 16.9. The van der Waals surface area contributed by atoms with E-state index in [4.69, 9.17) is 60.0 Å². The number of carboxylic acids is 4. The fourth-order valence-electron chi connectivity index (χ4n) is 1.06. The second-order valence-corrected chi connectivity index (χ2v) is 4.76. The summed E-state index contributed by atoms with van der Waals surface area (Å²) in [5.74, 6) is -3.33. The lowest BCUT2D eigenvalue weighted by atomic mass is 10.00. The summed E-state index contributed by atoms with van der Waals surface area (Å²) in [5.41, 5.74) is 0. The SMILES string of the molecule is CC(=O)O.CC(=O)O.CC(=O)O.CC(=O)O.OC[C@H]1OC(F)[C@H](O)[C@@H](O)[C@@H]1O. The molecule has 1 heterocycles. The third-order valence-electron chi connectivity index (χ3n) is 1.83. The number of carbonyl (C=O) groups is 4. The van der Waals surface area contributed by atoms with Crippen LogP contribution in [-0.4, -0.2) is 102 Å². The van der Waals surface area contributed by atoms with E-state index in [2.05, 4.69) is 4.74 Å². The van der Waals surface area contributed by atoms with Crippen molar-refractivity contribution in [3.63, 3.8) is 0 Å². The molecule has 0 aliphatic carbocycles. The zero-order valence-corrected chi connectivity index (χ0v) is 15.6. The maximum Gasteiger partial charge on any atom is 0.300 e. The number of ether oxygens (including phenoxy) is 1. The molecule has 0 amide bonds. The zero-order chi connectivity index (χ0) is 23.6. The maximum absolute atomic E-state index is 12.6. The van der Waals surface area contributed by atoms with Crippen LogP contribution in [0.4, 0.5) is 4.39 Å². The molecule has 0 aromatic rings. The van der Waals surface area contributed by atoms with Gasteiger partial charge < -0.3 is 45.6 Å². The van der Waals surface area contributed by atoms with Gasteiger partial charge >= 0.3 is 0 Å². The van der Waals surface area contributed by atoms with Gasteiger partial charge in [-0.3, -0.25) is 19.2 Å². The molecule has 168 valence electrons. The molecular weight excluding hydrogens is 395 g/mol. The van der Waals surface area contributed by atoms with Crippen molar-refractivity contribution < 1.29 is 69.2 Å². The molecule has 1 fully saturated rings. The molecule has 0 aromatic heterocycles. The van der Waals surface area contributed by atoms with E-state index < -0.39 is 61.3 Å². The third-order valence-corrected chi connectivity index (χ3v) is 1.83. The van der Waals surface area contributed by atoms with E-state index in [1.807, 2.05) is 0 Å². The van der Waals surface area contributed by atoms with E-state index in [1.165, 1.54) is 0 Å². The second-order valence-electron chi connectivity index (χ2n) is 4.76. The first-order valence-corrected chi connectivity index (χ1v) is 7.23. The van der Waals surface area contributed by atoms with E-state index in [9.17, 15) is 4.39 Å². The minimum absolute atomic E-state index is 0.606. The van der Waals surface area contributed by atoms with Gasteiger partial charge in [-0.15, -0.1) is 0 Å². The van der Waals surface area contributed by atoms with Crippen molar-refractivity contribution in [2.45, 2.75) is 58.5 Å². The van der Waals surface area contributed by atoms with Crippen molar-refractivity contribution >= 4 is 23.9 Å². The van der Waals surface area contributed by atoms with Crippen LogP contribution >= 0.6 is 0 Å². The normalized spacial score (nSPS) is 24.7. The topological polar surface area (TPSA) is 239 Å². The quantitative estimate of drug-likeness (QED) is 0.231. The lowest BCUT2D eigenvalue weighted by Crippen LogP contribution is -2.57. The predicted octanol–water partition coefficient (Wildman–Crippen LogP) is -1.88. The summed E-state index contributed by atoms with van der Waals surface area (Å²) in [5, 5.41) is 65.1. The maximum atomic E-state index is 12.6. The van der Waals surface area contributed by atoms with Crippen molar-refractivity contribution in [2.75, 3.05) is 6.61 Å². The highest BCUT2D eigenvalue weighted by Crippen LogP contribution is 2.21. The van der Waals surface area contributed by atoms with Crippen LogP contribution < -0.4 is 0 Å². The summed E-state index contributed by atoms with van der Waals surface area (Å²) in [7, 11) is 0. The van der Waals surface area contributed by atoms with Gasteiger partial charge in [0.15, 0.2) is 0 Å². The number of hydrogen-bond donors (Lipinski definition) is 8. The number of aliphatic hydroxyl groups is 4. The number of rotatable bonds is 1. The fraction of sp³-hybridized carbons (Fsp3) is 0.714. The van der Waals surface area contributed by atoms with E-state index in [0.717, 1.165) is 27.7 Å². The monoisotopic (exact) mass is 422 g/mol. The molecule has 0 saturated carbocycles. The van der Waals surface area contributed by atoms with E-state index in [-0.39, 0.29) is 0 Å². The summed E-state index contributed by atoms with van der Waals surface area (Å²) in [6.45, 7) is 3.73. The molecule has 1 aliphatic rings. The molecule has 1 saturated heterocycles. The Morgan fingerprint density at radius 1 is 0.714 bits per heavy atom. The second kappa shape index (κ2) is 19.4. The van der Waals surface area contributed by atoms with Crippen LogP contribution in [0.25, 0.3) is 0 Å². The molecule has 28 heavy (non-hydrogen) atoms.